The van der Waals surface area contributed by atoms with Crippen molar-refractivity contribution >= 4 is 17.9 Å². The molecule has 1 aromatic rings. The van der Waals surface area contributed by atoms with E-state index in [0.29, 0.717) is 63.7 Å². The summed E-state index contributed by atoms with van der Waals surface area (Å²) in [5, 5.41) is 0. The minimum Gasteiger partial charge on any atom is -0.494 e. The average Bonchev–Trinajstić information content (AvgIpc) is 2.92. The van der Waals surface area contributed by atoms with Gasteiger partial charge in [0.1, 0.15) is 5.75 Å². The predicted molar refractivity (Wildman–Crippen MR) is 134 cm³/mol. The molecule has 0 bridgehead atoms. The molecule has 1 saturated carbocycles. The van der Waals surface area contributed by atoms with Gasteiger partial charge in [-0.15, -0.1) is 0 Å². The van der Waals surface area contributed by atoms with Crippen molar-refractivity contribution in [1.29, 1.82) is 0 Å². The van der Waals surface area contributed by atoms with Crippen molar-refractivity contribution in [2.45, 2.75) is 63.6 Å². The summed E-state index contributed by atoms with van der Waals surface area (Å²) < 4.78 is 55.1. The van der Waals surface area contributed by atoms with E-state index in [4.69, 9.17) is 23.7 Å². The van der Waals surface area contributed by atoms with Crippen LogP contribution in [0.2, 0.25) is 0 Å². The normalized spacial score (nSPS) is 17.2. The molecular formula is C28H36F2O8. The number of ether oxygens (including phenoxy) is 5. The Labute approximate surface area is 221 Å². The second kappa shape index (κ2) is 16.5. The molecule has 0 aromatic heterocycles. The highest BCUT2D eigenvalue weighted by molar-refractivity contribution is 5.81. The van der Waals surface area contributed by atoms with Gasteiger partial charge < -0.3 is 23.7 Å². The van der Waals surface area contributed by atoms with Crippen LogP contribution in [0.4, 0.5) is 8.78 Å². The van der Waals surface area contributed by atoms with Crippen molar-refractivity contribution in [3.8, 4) is 5.75 Å². The van der Waals surface area contributed by atoms with Crippen LogP contribution in [-0.2, 0) is 39.4 Å². The number of hydrogen-bond donors (Lipinski definition) is 0. The van der Waals surface area contributed by atoms with Gasteiger partial charge in [0.2, 0.25) is 0 Å². The molecule has 0 spiro atoms. The van der Waals surface area contributed by atoms with E-state index in [1.165, 1.54) is 24.3 Å². The van der Waals surface area contributed by atoms with Crippen LogP contribution in [0, 0.1) is 5.92 Å². The number of unbranched alkanes of at least 4 members (excludes halogenated alkanes) is 2. The first-order valence-electron chi connectivity index (χ1n) is 12.8. The molecule has 0 aliphatic heterocycles. The summed E-state index contributed by atoms with van der Waals surface area (Å²) in [5.74, 6) is -1.20. The van der Waals surface area contributed by atoms with Crippen LogP contribution < -0.4 is 4.74 Å². The second-order valence-corrected chi connectivity index (χ2v) is 8.81. The molecule has 2 rings (SSSR count). The first-order valence-corrected chi connectivity index (χ1v) is 12.8. The second-order valence-electron chi connectivity index (χ2n) is 8.81. The Morgan fingerprint density at radius 2 is 1.29 bits per heavy atom. The van der Waals surface area contributed by atoms with Crippen molar-refractivity contribution < 1.29 is 46.8 Å². The van der Waals surface area contributed by atoms with Gasteiger partial charge in [-0.05, 0) is 75.6 Å². The Morgan fingerprint density at radius 1 is 0.789 bits per heavy atom. The van der Waals surface area contributed by atoms with Crippen LogP contribution in [0.5, 0.6) is 5.75 Å². The number of benzene rings is 1. The van der Waals surface area contributed by atoms with E-state index in [-0.39, 0.29) is 37.3 Å². The first-order chi connectivity index (χ1) is 18.2. The van der Waals surface area contributed by atoms with Gasteiger partial charge in [0.15, 0.2) is 0 Å². The van der Waals surface area contributed by atoms with Crippen LogP contribution in [0.25, 0.3) is 0 Å². The topological polar surface area (TPSA) is 97.4 Å². The van der Waals surface area contributed by atoms with Crippen molar-refractivity contribution in [3.05, 3.63) is 55.1 Å². The molecule has 8 nitrogen and oxygen atoms in total. The Hall–Kier alpha value is -3.27. The summed E-state index contributed by atoms with van der Waals surface area (Å²) in [6.07, 6.45) is 1.88. The van der Waals surface area contributed by atoms with Crippen LogP contribution in [-0.4, -0.2) is 50.4 Å². The van der Waals surface area contributed by atoms with Gasteiger partial charge >= 0.3 is 24.0 Å². The number of alkyl halides is 2. The zero-order chi connectivity index (χ0) is 27.8. The van der Waals surface area contributed by atoms with Gasteiger partial charge in [-0.1, -0.05) is 13.2 Å². The zero-order valence-corrected chi connectivity index (χ0v) is 21.5. The van der Waals surface area contributed by atoms with E-state index < -0.39 is 24.2 Å². The zero-order valence-electron chi connectivity index (χ0n) is 21.5. The maximum atomic E-state index is 14.7. The fourth-order valence-electron chi connectivity index (χ4n) is 3.79. The molecule has 1 aliphatic rings. The standard InChI is InChI=1S/C28H36F2O8/c1-3-25(31)35-18-6-5-17-34-23-15-11-22(12-16-23)28(29,30)38-24-13-9-21(10-14-24)27(33)37-20-8-7-19-36-26(32)4-2/h3-4,11-12,15-16,21,24H,1-2,5-10,13-14,17-20H2. The van der Waals surface area contributed by atoms with Crippen LogP contribution in [0.15, 0.2) is 49.6 Å². The number of hydrogen-bond acceptors (Lipinski definition) is 8. The predicted octanol–water partition coefficient (Wildman–Crippen LogP) is 5.25. The monoisotopic (exact) mass is 538 g/mol. The molecular weight excluding hydrogens is 502 g/mol. The highest BCUT2D eigenvalue weighted by Gasteiger charge is 2.38. The Bertz CT molecular complexity index is 908. The number of halogens is 2. The molecule has 1 fully saturated rings. The van der Waals surface area contributed by atoms with Crippen LogP contribution >= 0.6 is 0 Å². The molecule has 0 amide bonds. The molecule has 0 unspecified atom stereocenters. The molecule has 0 atom stereocenters. The molecule has 0 radical (unpaired) electrons. The van der Waals surface area contributed by atoms with Gasteiger partial charge in [0, 0.05) is 12.2 Å². The quantitative estimate of drug-likeness (QED) is 0.115. The first kappa shape index (κ1) is 31.0. The number of esters is 3. The lowest BCUT2D eigenvalue weighted by atomic mass is 9.87. The van der Waals surface area contributed by atoms with Gasteiger partial charge in [-0.3, -0.25) is 4.79 Å². The Morgan fingerprint density at radius 3 is 1.82 bits per heavy atom. The fourth-order valence-corrected chi connectivity index (χ4v) is 3.79. The van der Waals surface area contributed by atoms with E-state index in [2.05, 4.69) is 13.2 Å². The highest BCUT2D eigenvalue weighted by atomic mass is 19.3. The van der Waals surface area contributed by atoms with Crippen molar-refractivity contribution in [3.63, 3.8) is 0 Å². The third-order valence-electron chi connectivity index (χ3n) is 5.92. The molecule has 0 heterocycles. The minimum atomic E-state index is -3.47. The maximum absolute atomic E-state index is 14.7. The van der Waals surface area contributed by atoms with Crippen molar-refractivity contribution in [1.82, 2.24) is 0 Å². The summed E-state index contributed by atoms with van der Waals surface area (Å²) in [7, 11) is 0. The molecule has 1 aromatic carbocycles. The molecule has 10 heteroatoms. The molecule has 1 aliphatic carbocycles. The molecule has 0 N–H and O–H groups in total. The van der Waals surface area contributed by atoms with Gasteiger partial charge in [0.05, 0.1) is 44.0 Å². The smallest absolute Gasteiger partial charge is 0.383 e. The summed E-state index contributed by atoms with van der Waals surface area (Å²) in [6, 6.07) is 5.45. The van der Waals surface area contributed by atoms with Gasteiger partial charge in [0.25, 0.3) is 0 Å². The number of carbonyl (C=O) groups is 3. The lowest BCUT2D eigenvalue weighted by Crippen LogP contribution is -2.32. The largest absolute Gasteiger partial charge is 0.494 e. The van der Waals surface area contributed by atoms with Crippen LogP contribution in [0.3, 0.4) is 0 Å². The lowest BCUT2D eigenvalue weighted by Gasteiger charge is -2.30. The fraction of sp³-hybridized carbons (Fsp3) is 0.536. The van der Waals surface area contributed by atoms with Crippen LogP contribution in [0.1, 0.15) is 56.9 Å². The highest BCUT2D eigenvalue weighted by Crippen LogP contribution is 2.36. The van der Waals surface area contributed by atoms with E-state index in [1.807, 2.05) is 0 Å². The molecule has 210 valence electrons. The third-order valence-corrected chi connectivity index (χ3v) is 5.92. The summed E-state index contributed by atoms with van der Waals surface area (Å²) >= 11 is 0. The van der Waals surface area contributed by atoms with Gasteiger partial charge in [-0.2, -0.15) is 8.78 Å². The SMILES string of the molecule is C=CC(=O)OCCCCOC(=O)C1CCC(OC(F)(F)c2ccc(OCCCCOC(=O)C=C)cc2)CC1. The van der Waals surface area contributed by atoms with E-state index in [0.717, 1.165) is 12.2 Å². The van der Waals surface area contributed by atoms with Gasteiger partial charge in [-0.25, -0.2) is 9.59 Å². The minimum absolute atomic E-state index is 0.212. The average molecular weight is 539 g/mol. The summed E-state index contributed by atoms with van der Waals surface area (Å²) in [5.41, 5.74) is -0.276. The van der Waals surface area contributed by atoms with E-state index in [1.54, 1.807) is 0 Å². The molecule has 38 heavy (non-hydrogen) atoms. The van der Waals surface area contributed by atoms with Crippen molar-refractivity contribution in [2.24, 2.45) is 5.92 Å². The lowest BCUT2D eigenvalue weighted by molar-refractivity contribution is -0.277. The molecule has 0 saturated heterocycles. The Kier molecular flexibility index (Phi) is 13.5. The Balaban J connectivity index is 1.65. The summed E-state index contributed by atoms with van der Waals surface area (Å²) in [4.78, 5) is 34.2. The van der Waals surface area contributed by atoms with Crippen molar-refractivity contribution in [2.75, 3.05) is 26.4 Å². The van der Waals surface area contributed by atoms with E-state index >= 15 is 0 Å². The summed E-state index contributed by atoms with van der Waals surface area (Å²) in [6.45, 7) is 7.67. The third kappa shape index (κ3) is 11.4. The number of carbonyl (C=O) groups excluding carboxylic acids is 3. The maximum Gasteiger partial charge on any atom is 0.383 e. The van der Waals surface area contributed by atoms with E-state index in [9.17, 15) is 23.2 Å². The number of rotatable bonds is 17.